The molecule has 0 unspecified atom stereocenters. The Morgan fingerprint density at radius 2 is 1.62 bits per heavy atom. The van der Waals surface area contributed by atoms with E-state index in [1.165, 1.54) is 18.2 Å². The molecule has 0 spiro atoms. The van der Waals surface area contributed by atoms with Crippen LogP contribution in [0.5, 0.6) is 0 Å². The molecule has 0 fully saturated rings. The van der Waals surface area contributed by atoms with E-state index in [4.69, 9.17) is 5.11 Å². The van der Waals surface area contributed by atoms with Crippen molar-refractivity contribution >= 4 is 5.97 Å². The zero-order valence-electron chi connectivity index (χ0n) is 8.15. The number of aromatic nitrogens is 1. The summed E-state index contributed by atoms with van der Waals surface area (Å²) in [6, 6.07) is 8.19. The van der Waals surface area contributed by atoms with Crippen LogP contribution in [0.2, 0.25) is 0 Å². The molecular weight excluding hydrogens is 216 g/mol. The smallest absolute Gasteiger partial charge is 0.352 e. The van der Waals surface area contributed by atoms with E-state index >= 15 is 0 Å². The number of benzene rings is 1. The van der Waals surface area contributed by atoms with E-state index in [9.17, 15) is 13.6 Å². The maximum Gasteiger partial charge on any atom is 0.352 e. The fourth-order valence-corrected chi connectivity index (χ4v) is 0.903. The number of hydrogen-bond acceptors (Lipinski definition) is 1. The molecule has 2 rings (SSSR count). The normalized spacial score (nSPS) is 9.12. The first-order chi connectivity index (χ1) is 7.61. The van der Waals surface area contributed by atoms with Gasteiger partial charge >= 0.3 is 5.97 Å². The van der Waals surface area contributed by atoms with Gasteiger partial charge < -0.3 is 10.1 Å². The summed E-state index contributed by atoms with van der Waals surface area (Å²) in [7, 11) is 0. The van der Waals surface area contributed by atoms with Gasteiger partial charge in [0.2, 0.25) is 0 Å². The Labute approximate surface area is 90.4 Å². The summed E-state index contributed by atoms with van der Waals surface area (Å²) in [6.45, 7) is 0. The minimum absolute atomic E-state index is 0.227. The van der Waals surface area contributed by atoms with E-state index in [0.29, 0.717) is 0 Å². The third-order valence-corrected chi connectivity index (χ3v) is 1.65. The minimum atomic E-state index is -0.921. The van der Waals surface area contributed by atoms with Gasteiger partial charge in [0.1, 0.15) is 5.69 Å². The molecule has 16 heavy (non-hydrogen) atoms. The molecule has 0 saturated heterocycles. The van der Waals surface area contributed by atoms with Gasteiger partial charge in [-0.1, -0.05) is 12.1 Å². The van der Waals surface area contributed by atoms with Gasteiger partial charge in [-0.3, -0.25) is 0 Å². The monoisotopic (exact) mass is 225 g/mol. The molecule has 0 amide bonds. The Morgan fingerprint density at radius 3 is 1.88 bits per heavy atom. The number of halogens is 2. The van der Waals surface area contributed by atoms with Crippen molar-refractivity contribution in [2.24, 2.45) is 0 Å². The lowest BCUT2D eigenvalue weighted by atomic mass is 10.3. The lowest BCUT2D eigenvalue weighted by Gasteiger charge is -1.85. The van der Waals surface area contributed by atoms with E-state index in [1.54, 1.807) is 12.3 Å². The molecule has 0 bridgehead atoms. The summed E-state index contributed by atoms with van der Waals surface area (Å²) in [5.74, 6) is -2.52. The van der Waals surface area contributed by atoms with E-state index < -0.39 is 17.6 Å². The summed E-state index contributed by atoms with van der Waals surface area (Å²) in [4.78, 5) is 12.6. The fourth-order valence-electron chi connectivity index (χ4n) is 0.903. The maximum atomic E-state index is 11.9. The zero-order valence-corrected chi connectivity index (χ0v) is 8.15. The van der Waals surface area contributed by atoms with Crippen molar-refractivity contribution in [2.45, 2.75) is 0 Å². The molecule has 0 atom stereocenters. The number of rotatable bonds is 1. The fraction of sp³-hybridized carbons (Fsp3) is 0. The molecule has 2 aromatic rings. The average molecular weight is 225 g/mol. The van der Waals surface area contributed by atoms with E-state index in [0.717, 1.165) is 12.1 Å². The van der Waals surface area contributed by atoms with Gasteiger partial charge in [-0.05, 0) is 24.3 Å². The van der Waals surface area contributed by atoms with Crippen LogP contribution in [0.4, 0.5) is 8.78 Å². The third-order valence-electron chi connectivity index (χ3n) is 1.65. The second kappa shape index (κ2) is 5.65. The predicted octanol–water partition coefficient (Wildman–Crippen LogP) is 2.68. The van der Waals surface area contributed by atoms with Gasteiger partial charge in [-0.25, -0.2) is 13.6 Å². The molecular formula is C11H9F2NO2. The molecule has 1 heterocycles. The van der Waals surface area contributed by atoms with Gasteiger partial charge in [0.15, 0.2) is 11.6 Å². The number of carboxylic acid groups (broad SMARTS) is 1. The Hall–Kier alpha value is -2.17. The van der Waals surface area contributed by atoms with Crippen LogP contribution in [0.1, 0.15) is 10.5 Å². The highest BCUT2D eigenvalue weighted by molar-refractivity contribution is 5.85. The number of hydrogen-bond donors (Lipinski definition) is 2. The van der Waals surface area contributed by atoms with Gasteiger partial charge in [0.25, 0.3) is 0 Å². The highest BCUT2D eigenvalue weighted by Crippen LogP contribution is 2.01. The second-order valence-corrected chi connectivity index (χ2v) is 2.80. The number of carboxylic acids is 1. The molecule has 0 aliphatic heterocycles. The first-order valence-corrected chi connectivity index (χ1v) is 4.38. The summed E-state index contributed by atoms with van der Waals surface area (Å²) in [6.07, 6.45) is 1.57. The van der Waals surface area contributed by atoms with Gasteiger partial charge in [-0.2, -0.15) is 0 Å². The minimum Gasteiger partial charge on any atom is -0.477 e. The van der Waals surface area contributed by atoms with Crippen LogP contribution in [0.25, 0.3) is 0 Å². The van der Waals surface area contributed by atoms with Gasteiger partial charge in [-0.15, -0.1) is 0 Å². The molecule has 0 saturated carbocycles. The van der Waals surface area contributed by atoms with Crippen LogP contribution >= 0.6 is 0 Å². The van der Waals surface area contributed by atoms with Crippen LogP contribution in [0, 0.1) is 11.6 Å². The summed E-state index contributed by atoms with van der Waals surface area (Å²) in [5.41, 5.74) is 0.227. The largest absolute Gasteiger partial charge is 0.477 e. The van der Waals surface area contributed by atoms with E-state index in [-0.39, 0.29) is 5.69 Å². The molecule has 84 valence electrons. The van der Waals surface area contributed by atoms with Crippen molar-refractivity contribution < 1.29 is 18.7 Å². The summed E-state index contributed by atoms with van der Waals surface area (Å²) >= 11 is 0. The summed E-state index contributed by atoms with van der Waals surface area (Å²) in [5, 5.41) is 8.24. The van der Waals surface area contributed by atoms with Crippen molar-refractivity contribution in [2.75, 3.05) is 0 Å². The number of carbonyl (C=O) groups is 1. The van der Waals surface area contributed by atoms with Crippen LogP contribution in [0.3, 0.4) is 0 Å². The van der Waals surface area contributed by atoms with Crippen molar-refractivity contribution in [3.05, 3.63) is 59.9 Å². The standard InChI is InChI=1S/C6H4F2.C5H5NO2/c7-5-3-1-2-4-6(5)8;7-5(8)4-2-1-3-6-4/h1-4H;1-3,6H,(H,7,8). The third kappa shape index (κ3) is 3.53. The first kappa shape index (κ1) is 11.9. The molecule has 0 radical (unpaired) electrons. The molecule has 0 aliphatic rings. The van der Waals surface area contributed by atoms with E-state index in [2.05, 4.69) is 4.98 Å². The van der Waals surface area contributed by atoms with Crippen LogP contribution in [0.15, 0.2) is 42.6 Å². The highest BCUT2D eigenvalue weighted by atomic mass is 19.2. The van der Waals surface area contributed by atoms with Crippen LogP contribution in [-0.4, -0.2) is 16.1 Å². The maximum absolute atomic E-state index is 11.9. The SMILES string of the molecule is Fc1ccccc1F.O=C(O)c1ccc[nH]1. The van der Waals surface area contributed by atoms with Crippen molar-refractivity contribution in [1.82, 2.24) is 4.98 Å². The number of nitrogens with one attached hydrogen (secondary N) is 1. The molecule has 3 nitrogen and oxygen atoms in total. The Bertz CT molecular complexity index is 434. The quantitative estimate of drug-likeness (QED) is 0.783. The highest BCUT2D eigenvalue weighted by Gasteiger charge is 1.98. The molecule has 0 aliphatic carbocycles. The molecule has 5 heteroatoms. The zero-order chi connectivity index (χ0) is 12.0. The Kier molecular flexibility index (Phi) is 4.20. The van der Waals surface area contributed by atoms with Crippen LogP contribution in [-0.2, 0) is 0 Å². The second-order valence-electron chi connectivity index (χ2n) is 2.80. The number of aromatic carboxylic acids is 1. The van der Waals surface area contributed by atoms with Gasteiger partial charge in [0.05, 0.1) is 0 Å². The molecule has 1 aromatic heterocycles. The van der Waals surface area contributed by atoms with Crippen molar-refractivity contribution in [1.29, 1.82) is 0 Å². The van der Waals surface area contributed by atoms with Crippen molar-refractivity contribution in [3.8, 4) is 0 Å². The summed E-state index contributed by atoms with van der Waals surface area (Å²) < 4.78 is 23.9. The van der Waals surface area contributed by atoms with E-state index in [1.807, 2.05) is 0 Å². The Balaban J connectivity index is 0.000000160. The number of H-pyrrole nitrogens is 1. The molecule has 2 N–H and O–H groups in total. The van der Waals surface area contributed by atoms with Crippen LogP contribution < -0.4 is 0 Å². The predicted molar refractivity (Wildman–Crippen MR) is 54.1 cm³/mol. The van der Waals surface area contributed by atoms with Gasteiger partial charge in [0, 0.05) is 6.20 Å². The average Bonchev–Trinajstić information content (AvgIpc) is 2.77. The van der Waals surface area contributed by atoms with Crippen molar-refractivity contribution in [3.63, 3.8) is 0 Å². The Morgan fingerprint density at radius 1 is 1.06 bits per heavy atom. The first-order valence-electron chi connectivity index (χ1n) is 4.38. The number of aromatic amines is 1. The topological polar surface area (TPSA) is 53.1 Å². The lowest BCUT2D eigenvalue weighted by Crippen LogP contribution is -1.94. The molecule has 1 aromatic carbocycles. The lowest BCUT2D eigenvalue weighted by molar-refractivity contribution is 0.0691.